The fourth-order valence-electron chi connectivity index (χ4n) is 2.27. The van der Waals surface area contributed by atoms with Crippen LogP contribution in [0.3, 0.4) is 0 Å². The highest BCUT2D eigenvalue weighted by atomic mass is 16.5. The van der Waals surface area contributed by atoms with E-state index in [2.05, 4.69) is 20.0 Å². The predicted molar refractivity (Wildman–Crippen MR) is 70.9 cm³/mol. The Morgan fingerprint density at radius 3 is 3.05 bits per heavy atom. The van der Waals surface area contributed by atoms with Gasteiger partial charge in [-0.15, -0.1) is 0 Å². The van der Waals surface area contributed by atoms with Gasteiger partial charge in [-0.2, -0.15) is 5.10 Å². The number of ether oxygens (including phenoxy) is 1. The Morgan fingerprint density at radius 2 is 2.32 bits per heavy atom. The zero-order chi connectivity index (χ0) is 13.1. The zero-order valence-electron chi connectivity index (χ0n) is 10.9. The molecule has 0 radical (unpaired) electrons. The number of hydrogen-bond acceptors (Lipinski definition) is 5. The number of nitrogens with zero attached hydrogens (tertiary/aromatic N) is 5. The summed E-state index contributed by atoms with van der Waals surface area (Å²) in [4.78, 5) is 10.6. The molecule has 19 heavy (non-hydrogen) atoms. The van der Waals surface area contributed by atoms with E-state index in [1.807, 2.05) is 24.0 Å². The summed E-state index contributed by atoms with van der Waals surface area (Å²) in [7, 11) is 0. The molecule has 1 aliphatic rings. The van der Waals surface area contributed by atoms with E-state index < -0.39 is 0 Å². The molecule has 6 heteroatoms. The summed E-state index contributed by atoms with van der Waals surface area (Å²) in [5.41, 5.74) is 1.17. The van der Waals surface area contributed by atoms with E-state index in [1.54, 1.807) is 18.6 Å². The van der Waals surface area contributed by atoms with Crippen molar-refractivity contribution in [3.8, 4) is 0 Å². The van der Waals surface area contributed by atoms with E-state index in [4.69, 9.17) is 4.74 Å². The molecule has 3 heterocycles. The number of hydrogen-bond donors (Lipinski definition) is 0. The Kier molecular flexibility index (Phi) is 3.41. The third kappa shape index (κ3) is 2.90. The molecule has 0 bridgehead atoms. The SMILES string of the molecule is Cc1cnn(CC2CN(c3cnccn3)CCO2)c1. The molecule has 2 aromatic heterocycles. The lowest BCUT2D eigenvalue weighted by molar-refractivity contribution is 0.0271. The van der Waals surface area contributed by atoms with Gasteiger partial charge in [0.05, 0.1) is 31.6 Å². The van der Waals surface area contributed by atoms with Crippen molar-refractivity contribution in [2.45, 2.75) is 19.6 Å². The first-order chi connectivity index (χ1) is 9.31. The number of aryl methyl sites for hydroxylation is 1. The Morgan fingerprint density at radius 1 is 1.37 bits per heavy atom. The van der Waals surface area contributed by atoms with Gasteiger partial charge in [0, 0.05) is 31.7 Å². The molecule has 1 unspecified atom stereocenters. The Bertz CT molecular complexity index is 527. The normalized spacial score (nSPS) is 19.6. The van der Waals surface area contributed by atoms with E-state index in [0.29, 0.717) is 6.61 Å². The van der Waals surface area contributed by atoms with Crippen LogP contribution < -0.4 is 4.90 Å². The summed E-state index contributed by atoms with van der Waals surface area (Å²) in [5.74, 6) is 0.910. The van der Waals surface area contributed by atoms with Gasteiger partial charge in [0.1, 0.15) is 5.82 Å². The minimum atomic E-state index is 0.134. The summed E-state index contributed by atoms with van der Waals surface area (Å²) >= 11 is 0. The molecule has 0 amide bonds. The predicted octanol–water partition coefficient (Wildman–Crippen LogP) is 0.887. The third-order valence-electron chi connectivity index (χ3n) is 3.17. The maximum atomic E-state index is 5.79. The first kappa shape index (κ1) is 12.1. The Balaban J connectivity index is 1.65. The molecule has 1 fully saturated rings. The van der Waals surface area contributed by atoms with E-state index >= 15 is 0 Å². The van der Waals surface area contributed by atoms with Crippen molar-refractivity contribution in [2.24, 2.45) is 0 Å². The van der Waals surface area contributed by atoms with Crippen LogP contribution in [0.1, 0.15) is 5.56 Å². The minimum Gasteiger partial charge on any atom is -0.373 e. The Hall–Kier alpha value is -1.95. The standard InChI is InChI=1S/C13H17N5O/c1-11-6-16-18(8-11)10-12-9-17(4-5-19-12)13-7-14-2-3-15-13/h2-3,6-8,12H,4-5,9-10H2,1H3. The van der Waals surface area contributed by atoms with Crippen molar-refractivity contribution in [3.63, 3.8) is 0 Å². The van der Waals surface area contributed by atoms with Crippen molar-refractivity contribution in [3.05, 3.63) is 36.5 Å². The lowest BCUT2D eigenvalue weighted by Gasteiger charge is -2.33. The second-order valence-electron chi connectivity index (χ2n) is 4.74. The van der Waals surface area contributed by atoms with Gasteiger partial charge in [-0.3, -0.25) is 9.67 Å². The van der Waals surface area contributed by atoms with Crippen LogP contribution in [0.4, 0.5) is 5.82 Å². The maximum absolute atomic E-state index is 5.79. The van der Waals surface area contributed by atoms with Gasteiger partial charge in [-0.1, -0.05) is 0 Å². The van der Waals surface area contributed by atoms with Gasteiger partial charge in [0.25, 0.3) is 0 Å². The van der Waals surface area contributed by atoms with E-state index in [1.165, 1.54) is 5.56 Å². The molecule has 1 aliphatic heterocycles. The smallest absolute Gasteiger partial charge is 0.147 e. The molecule has 6 nitrogen and oxygen atoms in total. The van der Waals surface area contributed by atoms with Gasteiger partial charge in [0.2, 0.25) is 0 Å². The minimum absolute atomic E-state index is 0.134. The van der Waals surface area contributed by atoms with E-state index in [9.17, 15) is 0 Å². The van der Waals surface area contributed by atoms with Gasteiger partial charge in [0.15, 0.2) is 0 Å². The molecule has 0 saturated carbocycles. The van der Waals surface area contributed by atoms with Crippen molar-refractivity contribution in [1.29, 1.82) is 0 Å². The second kappa shape index (κ2) is 5.36. The van der Waals surface area contributed by atoms with Crippen LogP contribution in [0, 0.1) is 6.92 Å². The number of rotatable bonds is 3. The molecule has 0 aliphatic carbocycles. The zero-order valence-corrected chi connectivity index (χ0v) is 10.9. The van der Waals surface area contributed by atoms with Crippen molar-refractivity contribution < 1.29 is 4.74 Å². The lowest BCUT2D eigenvalue weighted by Crippen LogP contribution is -2.44. The first-order valence-electron chi connectivity index (χ1n) is 6.43. The van der Waals surface area contributed by atoms with Crippen LogP contribution in [0.25, 0.3) is 0 Å². The lowest BCUT2D eigenvalue weighted by atomic mass is 10.2. The van der Waals surface area contributed by atoms with Crippen molar-refractivity contribution in [1.82, 2.24) is 19.7 Å². The first-order valence-corrected chi connectivity index (χ1v) is 6.43. The van der Waals surface area contributed by atoms with Gasteiger partial charge < -0.3 is 9.64 Å². The van der Waals surface area contributed by atoms with Crippen LogP contribution in [0.5, 0.6) is 0 Å². The van der Waals surface area contributed by atoms with Crippen LogP contribution in [0.2, 0.25) is 0 Å². The molecule has 1 atom stereocenters. The molecule has 0 N–H and O–H groups in total. The summed E-state index contributed by atoms with van der Waals surface area (Å²) in [6.45, 7) is 5.19. The number of morpholine rings is 1. The molecule has 3 rings (SSSR count). The fourth-order valence-corrected chi connectivity index (χ4v) is 2.27. The molecule has 1 saturated heterocycles. The second-order valence-corrected chi connectivity index (χ2v) is 4.74. The number of aromatic nitrogens is 4. The topological polar surface area (TPSA) is 56.1 Å². The largest absolute Gasteiger partial charge is 0.373 e. The van der Waals surface area contributed by atoms with Crippen molar-refractivity contribution in [2.75, 3.05) is 24.6 Å². The average Bonchev–Trinajstić information content (AvgIpc) is 2.85. The fraction of sp³-hybridized carbons (Fsp3) is 0.462. The van der Waals surface area contributed by atoms with Gasteiger partial charge in [-0.05, 0) is 12.5 Å². The third-order valence-corrected chi connectivity index (χ3v) is 3.17. The van der Waals surface area contributed by atoms with Gasteiger partial charge in [-0.25, -0.2) is 4.98 Å². The van der Waals surface area contributed by atoms with Crippen LogP contribution in [0.15, 0.2) is 31.0 Å². The van der Waals surface area contributed by atoms with E-state index in [-0.39, 0.29) is 6.10 Å². The quantitative estimate of drug-likeness (QED) is 0.819. The summed E-state index contributed by atoms with van der Waals surface area (Å²) in [6, 6.07) is 0. The molecule has 2 aromatic rings. The molecular weight excluding hydrogens is 242 g/mol. The molecule has 100 valence electrons. The number of anilines is 1. The monoisotopic (exact) mass is 259 g/mol. The highest BCUT2D eigenvalue weighted by Crippen LogP contribution is 2.14. The van der Waals surface area contributed by atoms with Crippen LogP contribution in [-0.2, 0) is 11.3 Å². The van der Waals surface area contributed by atoms with E-state index in [0.717, 1.165) is 25.5 Å². The molecule has 0 aromatic carbocycles. The summed E-state index contributed by atoms with van der Waals surface area (Å²) in [6.07, 6.45) is 9.23. The molecule has 0 spiro atoms. The Labute approximate surface area is 112 Å². The molecular formula is C13H17N5O. The summed E-state index contributed by atoms with van der Waals surface area (Å²) in [5, 5.41) is 4.30. The van der Waals surface area contributed by atoms with Crippen molar-refractivity contribution >= 4 is 5.82 Å². The maximum Gasteiger partial charge on any atom is 0.147 e. The van der Waals surface area contributed by atoms with Crippen LogP contribution >= 0.6 is 0 Å². The summed E-state index contributed by atoms with van der Waals surface area (Å²) < 4.78 is 7.72. The highest BCUT2D eigenvalue weighted by Gasteiger charge is 2.22. The average molecular weight is 259 g/mol. The van der Waals surface area contributed by atoms with Gasteiger partial charge >= 0.3 is 0 Å². The van der Waals surface area contributed by atoms with Crippen LogP contribution in [-0.4, -0.2) is 45.5 Å². The highest BCUT2D eigenvalue weighted by molar-refractivity contribution is 5.35.